The van der Waals surface area contributed by atoms with E-state index in [2.05, 4.69) is 6.92 Å². The van der Waals surface area contributed by atoms with Gasteiger partial charge in [0.1, 0.15) is 17.1 Å². The molecular formula is C18H24O4. The Morgan fingerprint density at radius 3 is 2.59 bits per heavy atom. The van der Waals surface area contributed by atoms with Crippen LogP contribution >= 0.6 is 0 Å². The molecule has 0 fully saturated rings. The number of benzene rings is 1. The molecule has 120 valence electrons. The van der Waals surface area contributed by atoms with Gasteiger partial charge in [-0.1, -0.05) is 26.2 Å². The summed E-state index contributed by atoms with van der Waals surface area (Å²) in [7, 11) is 1.61. The van der Waals surface area contributed by atoms with Crippen molar-refractivity contribution in [2.24, 2.45) is 0 Å². The predicted octanol–water partition coefficient (Wildman–Crippen LogP) is 4.32. The molecule has 0 bridgehead atoms. The molecule has 0 aliphatic carbocycles. The molecule has 0 unspecified atom stereocenters. The molecule has 2 rings (SSSR count). The van der Waals surface area contributed by atoms with Gasteiger partial charge < -0.3 is 13.9 Å². The number of ether oxygens (including phenoxy) is 2. The monoisotopic (exact) mass is 304 g/mol. The van der Waals surface area contributed by atoms with E-state index in [0.29, 0.717) is 29.3 Å². The lowest BCUT2D eigenvalue weighted by atomic mass is 10.1. The summed E-state index contributed by atoms with van der Waals surface area (Å²) in [5.41, 5.74) is 0.955. The minimum absolute atomic E-state index is 0.264. The third kappa shape index (κ3) is 3.81. The summed E-state index contributed by atoms with van der Waals surface area (Å²) < 4.78 is 16.4. The molecular weight excluding hydrogens is 280 g/mol. The second kappa shape index (κ2) is 7.87. The van der Waals surface area contributed by atoms with E-state index in [1.165, 1.54) is 12.8 Å². The first-order valence-electron chi connectivity index (χ1n) is 7.97. The van der Waals surface area contributed by atoms with E-state index in [4.69, 9.17) is 13.9 Å². The Bertz CT molecular complexity index is 673. The molecule has 0 radical (unpaired) electrons. The minimum atomic E-state index is -0.264. The molecule has 0 atom stereocenters. The molecule has 1 heterocycles. The van der Waals surface area contributed by atoms with E-state index in [1.54, 1.807) is 13.2 Å². The average Bonchev–Trinajstić information content (AvgIpc) is 2.51. The molecule has 1 aromatic carbocycles. The van der Waals surface area contributed by atoms with Crippen LogP contribution in [0.25, 0.3) is 11.0 Å². The summed E-state index contributed by atoms with van der Waals surface area (Å²) in [5.74, 6) is 1.31. The first-order valence-corrected chi connectivity index (χ1v) is 7.97. The zero-order valence-electron chi connectivity index (χ0n) is 13.6. The van der Waals surface area contributed by atoms with Gasteiger partial charge in [0.15, 0.2) is 0 Å². The van der Waals surface area contributed by atoms with Gasteiger partial charge in [0, 0.05) is 17.7 Å². The van der Waals surface area contributed by atoms with Gasteiger partial charge >= 0.3 is 5.63 Å². The molecule has 22 heavy (non-hydrogen) atoms. The van der Waals surface area contributed by atoms with Crippen molar-refractivity contribution >= 4 is 11.0 Å². The molecule has 0 spiro atoms. The third-order valence-corrected chi connectivity index (χ3v) is 3.69. The van der Waals surface area contributed by atoms with Gasteiger partial charge in [-0.05, 0) is 25.8 Å². The third-order valence-electron chi connectivity index (χ3n) is 3.69. The maximum Gasteiger partial charge on any atom is 0.339 e. The first-order chi connectivity index (χ1) is 10.7. The molecule has 0 aliphatic rings. The Morgan fingerprint density at radius 2 is 1.91 bits per heavy atom. The molecule has 0 saturated carbocycles. The molecule has 0 N–H and O–H groups in total. The fourth-order valence-electron chi connectivity index (χ4n) is 2.54. The van der Waals surface area contributed by atoms with Gasteiger partial charge in [0.05, 0.1) is 19.1 Å². The van der Waals surface area contributed by atoms with Crippen LogP contribution in [-0.2, 0) is 6.42 Å². The lowest BCUT2D eigenvalue weighted by molar-refractivity contribution is 0.336. The molecule has 4 heteroatoms. The number of fused-ring (bicyclic) bond motifs is 1. The van der Waals surface area contributed by atoms with Crippen LogP contribution in [0, 0.1) is 0 Å². The quantitative estimate of drug-likeness (QED) is 0.538. The minimum Gasteiger partial charge on any atom is -0.496 e. The molecule has 0 saturated heterocycles. The van der Waals surface area contributed by atoms with Gasteiger partial charge in [0.25, 0.3) is 0 Å². The van der Waals surface area contributed by atoms with Crippen LogP contribution < -0.4 is 15.1 Å². The number of methoxy groups -OCH3 is 1. The van der Waals surface area contributed by atoms with Crippen molar-refractivity contribution in [2.75, 3.05) is 13.7 Å². The van der Waals surface area contributed by atoms with Crippen LogP contribution in [0.15, 0.2) is 27.4 Å². The standard InChI is InChI=1S/C18H24O4/c1-4-6-7-8-9-13-10-15-16(20-3)11-14(21-5-2)12-17(15)22-18(13)19/h10-12H,4-9H2,1-3H3. The smallest absolute Gasteiger partial charge is 0.339 e. The Hall–Kier alpha value is -1.97. The summed E-state index contributed by atoms with van der Waals surface area (Å²) in [6, 6.07) is 5.46. The molecule has 4 nitrogen and oxygen atoms in total. The van der Waals surface area contributed by atoms with E-state index >= 15 is 0 Å². The van der Waals surface area contributed by atoms with Crippen molar-refractivity contribution in [3.8, 4) is 11.5 Å². The van der Waals surface area contributed by atoms with E-state index in [0.717, 1.165) is 24.6 Å². The van der Waals surface area contributed by atoms with Gasteiger partial charge in [-0.2, -0.15) is 0 Å². The maximum absolute atomic E-state index is 12.1. The van der Waals surface area contributed by atoms with Crippen molar-refractivity contribution in [2.45, 2.75) is 46.0 Å². The summed E-state index contributed by atoms with van der Waals surface area (Å²) in [6.07, 6.45) is 5.26. The topological polar surface area (TPSA) is 48.7 Å². The normalized spacial score (nSPS) is 10.9. The zero-order valence-corrected chi connectivity index (χ0v) is 13.6. The Morgan fingerprint density at radius 1 is 1.09 bits per heavy atom. The van der Waals surface area contributed by atoms with E-state index in [9.17, 15) is 4.79 Å². The Labute approximate surface area is 131 Å². The zero-order chi connectivity index (χ0) is 15.9. The van der Waals surface area contributed by atoms with E-state index < -0.39 is 0 Å². The Balaban J connectivity index is 2.35. The lowest BCUT2D eigenvalue weighted by Gasteiger charge is -2.10. The van der Waals surface area contributed by atoms with Crippen molar-refractivity contribution in [1.29, 1.82) is 0 Å². The summed E-state index contributed by atoms with van der Waals surface area (Å²) in [6.45, 7) is 4.63. The number of hydrogen-bond acceptors (Lipinski definition) is 4. The highest BCUT2D eigenvalue weighted by molar-refractivity contribution is 5.85. The average molecular weight is 304 g/mol. The number of unbranched alkanes of at least 4 members (excludes halogenated alkanes) is 3. The summed E-state index contributed by atoms with van der Waals surface area (Å²) in [4.78, 5) is 12.1. The first kappa shape index (κ1) is 16.4. The molecule has 1 aromatic heterocycles. The number of hydrogen-bond donors (Lipinski definition) is 0. The SMILES string of the molecule is CCCCCCc1cc2c(OC)cc(OCC)cc2oc1=O. The van der Waals surface area contributed by atoms with Crippen LogP contribution in [0.3, 0.4) is 0 Å². The highest BCUT2D eigenvalue weighted by Gasteiger charge is 2.11. The van der Waals surface area contributed by atoms with E-state index in [-0.39, 0.29) is 5.63 Å². The van der Waals surface area contributed by atoms with Crippen LogP contribution in [0.1, 0.15) is 45.1 Å². The summed E-state index contributed by atoms with van der Waals surface area (Å²) in [5, 5.41) is 0.816. The predicted molar refractivity (Wildman–Crippen MR) is 88.1 cm³/mol. The van der Waals surface area contributed by atoms with Crippen molar-refractivity contribution < 1.29 is 13.9 Å². The van der Waals surface area contributed by atoms with Gasteiger partial charge in [-0.3, -0.25) is 0 Å². The van der Waals surface area contributed by atoms with Crippen LogP contribution in [0.5, 0.6) is 11.5 Å². The van der Waals surface area contributed by atoms with Crippen molar-refractivity contribution in [3.05, 3.63) is 34.2 Å². The molecule has 0 aliphatic heterocycles. The fraction of sp³-hybridized carbons (Fsp3) is 0.500. The second-order valence-corrected chi connectivity index (χ2v) is 5.34. The summed E-state index contributed by atoms with van der Waals surface area (Å²) >= 11 is 0. The Kier molecular flexibility index (Phi) is 5.87. The van der Waals surface area contributed by atoms with Crippen LogP contribution in [0.2, 0.25) is 0 Å². The highest BCUT2D eigenvalue weighted by atomic mass is 16.5. The van der Waals surface area contributed by atoms with Gasteiger partial charge in [-0.25, -0.2) is 4.79 Å². The fourth-order valence-corrected chi connectivity index (χ4v) is 2.54. The number of rotatable bonds is 8. The highest BCUT2D eigenvalue weighted by Crippen LogP contribution is 2.31. The van der Waals surface area contributed by atoms with Crippen molar-refractivity contribution in [3.63, 3.8) is 0 Å². The molecule has 2 aromatic rings. The van der Waals surface area contributed by atoms with Crippen molar-refractivity contribution in [1.82, 2.24) is 0 Å². The van der Waals surface area contributed by atoms with Gasteiger partial charge in [0.2, 0.25) is 0 Å². The molecule has 0 amide bonds. The second-order valence-electron chi connectivity index (χ2n) is 5.34. The van der Waals surface area contributed by atoms with E-state index in [1.807, 2.05) is 19.1 Å². The van der Waals surface area contributed by atoms with Gasteiger partial charge in [-0.15, -0.1) is 0 Å². The largest absolute Gasteiger partial charge is 0.496 e. The number of aryl methyl sites for hydroxylation is 1. The lowest BCUT2D eigenvalue weighted by Crippen LogP contribution is -2.07. The van der Waals surface area contributed by atoms with Crippen LogP contribution in [-0.4, -0.2) is 13.7 Å². The van der Waals surface area contributed by atoms with Crippen LogP contribution in [0.4, 0.5) is 0 Å². The maximum atomic E-state index is 12.1.